The summed E-state index contributed by atoms with van der Waals surface area (Å²) in [5, 5.41) is 5.36. The van der Waals surface area contributed by atoms with Crippen molar-refractivity contribution in [1.29, 1.82) is 0 Å². The third-order valence-corrected chi connectivity index (χ3v) is 11.1. The first-order valence-corrected chi connectivity index (χ1v) is 16.5. The van der Waals surface area contributed by atoms with Gasteiger partial charge in [0.25, 0.3) is 0 Å². The predicted molar refractivity (Wildman–Crippen MR) is 184 cm³/mol. The van der Waals surface area contributed by atoms with Crippen LogP contribution in [0.2, 0.25) is 0 Å². The van der Waals surface area contributed by atoms with Gasteiger partial charge in [0, 0.05) is 32.8 Å². The van der Waals surface area contributed by atoms with Crippen LogP contribution < -0.4 is 9.47 Å². The van der Waals surface area contributed by atoms with Gasteiger partial charge in [0.1, 0.15) is 11.5 Å². The molecule has 0 amide bonds. The molecule has 0 bridgehead atoms. The van der Waals surface area contributed by atoms with E-state index in [0.29, 0.717) is 0 Å². The van der Waals surface area contributed by atoms with E-state index >= 15 is 0 Å². The van der Waals surface area contributed by atoms with E-state index in [0.717, 1.165) is 22.6 Å². The lowest BCUT2D eigenvalue weighted by molar-refractivity contribution is 0.411. The van der Waals surface area contributed by atoms with Crippen LogP contribution in [0.15, 0.2) is 121 Å². The average molecular weight is 587 g/mol. The quantitative estimate of drug-likeness (QED) is 0.157. The molecule has 0 aliphatic rings. The summed E-state index contributed by atoms with van der Waals surface area (Å²) in [6, 6.07) is 43.0. The third kappa shape index (κ3) is 5.37. The van der Waals surface area contributed by atoms with E-state index in [1.54, 1.807) is 14.2 Å². The van der Waals surface area contributed by atoms with E-state index in [9.17, 15) is 0 Å². The zero-order valence-electron chi connectivity index (χ0n) is 24.3. The lowest BCUT2D eigenvalue weighted by atomic mass is 9.95. The number of para-hydroxylation sites is 2. The molecule has 6 aromatic rings. The Morgan fingerprint density at radius 3 is 1.21 bits per heavy atom. The summed E-state index contributed by atoms with van der Waals surface area (Å²) in [5.41, 5.74) is 7.04. The van der Waals surface area contributed by atoms with Crippen molar-refractivity contribution in [2.75, 3.05) is 14.2 Å². The van der Waals surface area contributed by atoms with Crippen LogP contribution in [-0.2, 0) is 0 Å². The first-order valence-electron chi connectivity index (χ1n) is 14.2. The molecule has 4 heteroatoms. The molecule has 0 saturated carbocycles. The summed E-state index contributed by atoms with van der Waals surface area (Å²) < 4.78 is 12.2. The van der Waals surface area contributed by atoms with Crippen LogP contribution in [0, 0.1) is 0 Å². The Labute approximate surface area is 256 Å². The van der Waals surface area contributed by atoms with Gasteiger partial charge in [-0.3, -0.25) is 0 Å². The van der Waals surface area contributed by atoms with Gasteiger partial charge in [-0.25, -0.2) is 0 Å². The fourth-order valence-electron chi connectivity index (χ4n) is 5.82. The molecule has 42 heavy (non-hydrogen) atoms. The van der Waals surface area contributed by atoms with Crippen LogP contribution in [-0.4, -0.2) is 14.2 Å². The van der Waals surface area contributed by atoms with Gasteiger partial charge in [0.2, 0.25) is 0 Å². The monoisotopic (exact) mass is 586 g/mol. The Hall–Kier alpha value is -3.86. The van der Waals surface area contributed by atoms with E-state index in [1.807, 2.05) is 21.6 Å². The van der Waals surface area contributed by atoms with Crippen LogP contribution in [0.5, 0.6) is 11.5 Å². The maximum absolute atomic E-state index is 6.09. The van der Waals surface area contributed by atoms with Gasteiger partial charge in [-0.2, -0.15) is 0 Å². The van der Waals surface area contributed by atoms with Gasteiger partial charge in [0.15, 0.2) is 0 Å². The molecule has 2 atom stereocenters. The van der Waals surface area contributed by atoms with Crippen LogP contribution >= 0.6 is 21.6 Å². The van der Waals surface area contributed by atoms with Crippen molar-refractivity contribution in [1.82, 2.24) is 0 Å². The van der Waals surface area contributed by atoms with Crippen LogP contribution in [0.1, 0.15) is 35.5 Å². The standard InChI is InChI=1S/C38H34O2S2/c1-25(29-19-11-23-35(37(29)39-3)33-21-9-15-27-13-5-7-17-31(27)33)41-42-26(2)30-20-12-24-36(38(30)40-4)34-22-10-16-28-14-6-8-18-32(28)34/h5-26H,1-4H3/t25-,26-/m1/s1. The van der Waals surface area contributed by atoms with E-state index in [1.165, 1.54) is 43.8 Å². The topological polar surface area (TPSA) is 18.5 Å². The predicted octanol–water partition coefficient (Wildman–Crippen LogP) is 11.5. The molecule has 0 aliphatic carbocycles. The minimum absolute atomic E-state index is 0.217. The molecule has 210 valence electrons. The van der Waals surface area contributed by atoms with Crippen molar-refractivity contribution in [2.45, 2.75) is 24.3 Å². The summed E-state index contributed by atoms with van der Waals surface area (Å²) in [6.07, 6.45) is 0. The van der Waals surface area contributed by atoms with Crippen molar-refractivity contribution in [3.63, 3.8) is 0 Å². The Balaban J connectivity index is 1.28. The van der Waals surface area contributed by atoms with Crippen LogP contribution in [0.3, 0.4) is 0 Å². The van der Waals surface area contributed by atoms with Gasteiger partial charge in [-0.05, 0) is 46.5 Å². The van der Waals surface area contributed by atoms with Gasteiger partial charge in [-0.15, -0.1) is 0 Å². The highest BCUT2D eigenvalue weighted by Crippen LogP contribution is 2.51. The molecule has 0 radical (unpaired) electrons. The van der Waals surface area contributed by atoms with E-state index in [-0.39, 0.29) is 10.5 Å². The SMILES string of the molecule is COc1c(-c2cccc3ccccc23)cccc1[C@@H](C)SS[C@H](C)c1cccc(-c2cccc3ccccc23)c1OC. The second-order valence-electron chi connectivity index (χ2n) is 10.4. The van der Waals surface area contributed by atoms with Gasteiger partial charge < -0.3 is 9.47 Å². The zero-order chi connectivity index (χ0) is 29.1. The highest BCUT2D eigenvalue weighted by atomic mass is 33.1. The average Bonchev–Trinajstić information content (AvgIpc) is 3.05. The fourth-order valence-corrected chi connectivity index (χ4v) is 8.35. The molecule has 0 aromatic heterocycles. The lowest BCUT2D eigenvalue weighted by Crippen LogP contribution is -1.99. The lowest BCUT2D eigenvalue weighted by Gasteiger charge is -2.22. The summed E-state index contributed by atoms with van der Waals surface area (Å²) in [5.74, 6) is 1.88. The number of benzene rings is 6. The Bertz CT molecular complexity index is 1720. The van der Waals surface area contributed by atoms with E-state index < -0.39 is 0 Å². The number of rotatable bonds is 9. The molecule has 0 N–H and O–H groups in total. The Morgan fingerprint density at radius 1 is 0.429 bits per heavy atom. The van der Waals surface area contributed by atoms with Gasteiger partial charge in [0.05, 0.1) is 14.2 Å². The Morgan fingerprint density at radius 2 is 0.786 bits per heavy atom. The molecule has 0 saturated heterocycles. The smallest absolute Gasteiger partial charge is 0.131 e. The van der Waals surface area contributed by atoms with Crippen molar-refractivity contribution in [2.24, 2.45) is 0 Å². The molecular formula is C38H34O2S2. The molecule has 0 aliphatic heterocycles. The van der Waals surface area contributed by atoms with Crippen molar-refractivity contribution in [3.05, 3.63) is 132 Å². The minimum Gasteiger partial charge on any atom is -0.496 e. The van der Waals surface area contributed by atoms with Gasteiger partial charge in [-0.1, -0.05) is 143 Å². The fraction of sp³-hybridized carbons (Fsp3) is 0.158. The maximum Gasteiger partial charge on any atom is 0.131 e. The summed E-state index contributed by atoms with van der Waals surface area (Å²) in [6.45, 7) is 4.53. The first-order chi connectivity index (χ1) is 20.6. The highest BCUT2D eigenvalue weighted by Gasteiger charge is 2.22. The number of hydrogen-bond acceptors (Lipinski definition) is 4. The summed E-state index contributed by atoms with van der Waals surface area (Å²) >= 11 is 0. The van der Waals surface area contributed by atoms with Crippen molar-refractivity contribution < 1.29 is 9.47 Å². The molecule has 0 spiro atoms. The molecule has 0 heterocycles. The molecule has 6 rings (SSSR count). The summed E-state index contributed by atoms with van der Waals surface area (Å²) in [4.78, 5) is 0. The second kappa shape index (κ2) is 12.6. The second-order valence-corrected chi connectivity index (χ2v) is 13.3. The molecule has 0 unspecified atom stereocenters. The number of methoxy groups -OCH3 is 2. The zero-order valence-corrected chi connectivity index (χ0v) is 26.0. The normalized spacial score (nSPS) is 12.8. The van der Waals surface area contributed by atoms with E-state index in [4.69, 9.17) is 9.47 Å². The largest absolute Gasteiger partial charge is 0.496 e. The van der Waals surface area contributed by atoms with Crippen LogP contribution in [0.25, 0.3) is 43.8 Å². The number of fused-ring (bicyclic) bond motifs is 2. The van der Waals surface area contributed by atoms with Gasteiger partial charge >= 0.3 is 0 Å². The van der Waals surface area contributed by atoms with Crippen LogP contribution in [0.4, 0.5) is 0 Å². The minimum atomic E-state index is 0.217. The maximum atomic E-state index is 6.09. The molecule has 6 aromatic carbocycles. The number of hydrogen-bond donors (Lipinski definition) is 0. The van der Waals surface area contributed by atoms with Crippen molar-refractivity contribution >= 4 is 43.1 Å². The van der Waals surface area contributed by atoms with E-state index in [2.05, 4.69) is 135 Å². The molecular weight excluding hydrogens is 553 g/mol. The highest BCUT2D eigenvalue weighted by molar-refractivity contribution is 8.76. The number of ether oxygens (including phenoxy) is 2. The molecule has 0 fully saturated rings. The summed E-state index contributed by atoms with van der Waals surface area (Å²) in [7, 11) is 7.31. The molecule has 2 nitrogen and oxygen atoms in total. The Kier molecular flexibility index (Phi) is 8.46. The third-order valence-electron chi connectivity index (χ3n) is 7.88. The first kappa shape index (κ1) is 28.3. The van der Waals surface area contributed by atoms with Crippen molar-refractivity contribution in [3.8, 4) is 33.8 Å².